The van der Waals surface area contributed by atoms with Gasteiger partial charge in [-0.05, 0) is 39.7 Å². The first-order chi connectivity index (χ1) is 6.39. The van der Waals surface area contributed by atoms with Crippen LogP contribution in [0, 0.1) is 5.92 Å². The fourth-order valence-corrected chi connectivity index (χ4v) is 1.33. The molecule has 1 atom stereocenters. The van der Waals surface area contributed by atoms with Crippen LogP contribution in [0.15, 0.2) is 0 Å². The molecule has 0 saturated carbocycles. The standard InChI is InChI=1S/C11H23NO2/c1-5-6-9(8-12)7-10(13)14-11(2,3)4/h9H,5-8,12H2,1-4H3/t9-/m0/s1. The number of hydrogen-bond acceptors (Lipinski definition) is 3. The molecule has 0 spiro atoms. The molecule has 0 amide bonds. The molecule has 0 saturated heterocycles. The van der Waals surface area contributed by atoms with Crippen LogP contribution >= 0.6 is 0 Å². The van der Waals surface area contributed by atoms with Crippen molar-refractivity contribution in [2.75, 3.05) is 6.54 Å². The van der Waals surface area contributed by atoms with Gasteiger partial charge < -0.3 is 10.5 Å². The third-order valence-electron chi connectivity index (χ3n) is 1.91. The highest BCUT2D eigenvalue weighted by atomic mass is 16.6. The number of hydrogen-bond donors (Lipinski definition) is 1. The van der Waals surface area contributed by atoms with Crippen molar-refractivity contribution in [2.24, 2.45) is 11.7 Å². The highest BCUT2D eigenvalue weighted by Crippen LogP contribution is 2.14. The second-order valence-electron chi connectivity index (χ2n) is 4.68. The first-order valence-corrected chi connectivity index (χ1v) is 5.31. The van der Waals surface area contributed by atoms with Gasteiger partial charge >= 0.3 is 5.97 Å². The molecule has 3 heteroatoms. The van der Waals surface area contributed by atoms with Crippen molar-refractivity contribution in [1.82, 2.24) is 0 Å². The zero-order valence-electron chi connectivity index (χ0n) is 9.80. The highest BCUT2D eigenvalue weighted by Gasteiger charge is 2.19. The summed E-state index contributed by atoms with van der Waals surface area (Å²) in [6.45, 7) is 8.29. The van der Waals surface area contributed by atoms with Gasteiger partial charge in [-0.1, -0.05) is 13.3 Å². The molecule has 0 aliphatic rings. The Labute approximate surface area is 87.0 Å². The highest BCUT2D eigenvalue weighted by molar-refractivity contribution is 5.70. The Morgan fingerprint density at radius 1 is 1.43 bits per heavy atom. The minimum Gasteiger partial charge on any atom is -0.460 e. The molecule has 2 N–H and O–H groups in total. The van der Waals surface area contributed by atoms with E-state index < -0.39 is 0 Å². The molecule has 3 nitrogen and oxygen atoms in total. The fraction of sp³-hybridized carbons (Fsp3) is 0.909. The summed E-state index contributed by atoms with van der Waals surface area (Å²) in [7, 11) is 0. The SMILES string of the molecule is CCC[C@H](CN)CC(=O)OC(C)(C)C. The van der Waals surface area contributed by atoms with E-state index in [0.29, 0.717) is 13.0 Å². The van der Waals surface area contributed by atoms with E-state index >= 15 is 0 Å². The van der Waals surface area contributed by atoms with E-state index in [4.69, 9.17) is 10.5 Å². The van der Waals surface area contributed by atoms with E-state index in [2.05, 4.69) is 6.92 Å². The van der Waals surface area contributed by atoms with Gasteiger partial charge in [-0.25, -0.2) is 0 Å². The van der Waals surface area contributed by atoms with E-state index in [1.165, 1.54) is 0 Å². The van der Waals surface area contributed by atoms with Crippen molar-refractivity contribution < 1.29 is 9.53 Å². The van der Waals surface area contributed by atoms with Crippen LogP contribution in [-0.4, -0.2) is 18.1 Å². The molecule has 0 unspecified atom stereocenters. The summed E-state index contributed by atoms with van der Waals surface area (Å²) in [6.07, 6.45) is 2.50. The van der Waals surface area contributed by atoms with Gasteiger partial charge in [0.15, 0.2) is 0 Å². The first kappa shape index (κ1) is 13.4. The molecule has 84 valence electrons. The molecular formula is C11H23NO2. The lowest BCUT2D eigenvalue weighted by Crippen LogP contribution is -2.27. The molecule has 0 rings (SSSR count). The molecular weight excluding hydrogens is 178 g/mol. The van der Waals surface area contributed by atoms with Crippen molar-refractivity contribution in [1.29, 1.82) is 0 Å². The summed E-state index contributed by atoms with van der Waals surface area (Å²) in [5, 5.41) is 0. The van der Waals surface area contributed by atoms with Gasteiger partial charge in [0.25, 0.3) is 0 Å². The van der Waals surface area contributed by atoms with Crippen molar-refractivity contribution in [3.05, 3.63) is 0 Å². The summed E-state index contributed by atoms with van der Waals surface area (Å²) in [6, 6.07) is 0. The molecule has 0 bridgehead atoms. The van der Waals surface area contributed by atoms with Crippen LogP contribution in [0.5, 0.6) is 0 Å². The van der Waals surface area contributed by atoms with Crippen LogP contribution in [0.25, 0.3) is 0 Å². The number of rotatable bonds is 5. The summed E-state index contributed by atoms with van der Waals surface area (Å²) < 4.78 is 5.22. The molecule has 0 aromatic heterocycles. The minimum absolute atomic E-state index is 0.138. The van der Waals surface area contributed by atoms with Crippen LogP contribution in [0.4, 0.5) is 0 Å². The van der Waals surface area contributed by atoms with Crippen LogP contribution in [0.2, 0.25) is 0 Å². The maximum absolute atomic E-state index is 11.4. The normalized spacial score (nSPS) is 13.8. The third kappa shape index (κ3) is 6.89. The minimum atomic E-state index is -0.386. The zero-order valence-corrected chi connectivity index (χ0v) is 9.80. The Bertz CT molecular complexity index is 173. The summed E-state index contributed by atoms with van der Waals surface area (Å²) >= 11 is 0. The van der Waals surface area contributed by atoms with Gasteiger partial charge in [-0.2, -0.15) is 0 Å². The molecule has 14 heavy (non-hydrogen) atoms. The van der Waals surface area contributed by atoms with Crippen molar-refractivity contribution in [2.45, 2.75) is 52.6 Å². The van der Waals surface area contributed by atoms with Gasteiger partial charge in [0, 0.05) is 6.42 Å². The van der Waals surface area contributed by atoms with E-state index in [-0.39, 0.29) is 17.5 Å². The monoisotopic (exact) mass is 201 g/mol. The number of carbonyl (C=O) groups excluding carboxylic acids is 1. The predicted octanol–water partition coefficient (Wildman–Crippen LogP) is 2.09. The maximum atomic E-state index is 11.4. The third-order valence-corrected chi connectivity index (χ3v) is 1.91. The van der Waals surface area contributed by atoms with E-state index in [1.807, 2.05) is 20.8 Å². The average Bonchev–Trinajstić information content (AvgIpc) is 2.00. The summed E-state index contributed by atoms with van der Waals surface area (Å²) in [4.78, 5) is 11.4. The summed E-state index contributed by atoms with van der Waals surface area (Å²) in [5.41, 5.74) is 5.18. The Kier molecular flexibility index (Phi) is 5.77. The number of carbonyl (C=O) groups is 1. The fourth-order valence-electron chi connectivity index (χ4n) is 1.33. The van der Waals surface area contributed by atoms with Crippen molar-refractivity contribution >= 4 is 5.97 Å². The van der Waals surface area contributed by atoms with E-state index in [0.717, 1.165) is 12.8 Å². The first-order valence-electron chi connectivity index (χ1n) is 5.31. The quantitative estimate of drug-likeness (QED) is 0.693. The lowest BCUT2D eigenvalue weighted by Gasteiger charge is -2.21. The van der Waals surface area contributed by atoms with Crippen LogP contribution in [-0.2, 0) is 9.53 Å². The molecule has 0 aliphatic heterocycles. The van der Waals surface area contributed by atoms with E-state index in [9.17, 15) is 4.79 Å². The lowest BCUT2D eigenvalue weighted by molar-refractivity contribution is -0.155. The molecule has 0 aromatic rings. The lowest BCUT2D eigenvalue weighted by atomic mass is 10.0. The van der Waals surface area contributed by atoms with Crippen LogP contribution in [0.1, 0.15) is 47.0 Å². The predicted molar refractivity (Wildman–Crippen MR) is 57.9 cm³/mol. The van der Waals surface area contributed by atoms with Gasteiger partial charge in [0.2, 0.25) is 0 Å². The number of esters is 1. The Balaban J connectivity index is 3.91. The zero-order chi connectivity index (χ0) is 11.2. The van der Waals surface area contributed by atoms with Crippen molar-refractivity contribution in [3.8, 4) is 0 Å². The average molecular weight is 201 g/mol. The maximum Gasteiger partial charge on any atom is 0.306 e. The Hall–Kier alpha value is -0.570. The smallest absolute Gasteiger partial charge is 0.306 e. The van der Waals surface area contributed by atoms with Gasteiger partial charge in [-0.3, -0.25) is 4.79 Å². The second-order valence-corrected chi connectivity index (χ2v) is 4.68. The largest absolute Gasteiger partial charge is 0.460 e. The molecule has 0 radical (unpaired) electrons. The molecule has 0 aromatic carbocycles. The molecule has 0 heterocycles. The molecule has 0 aliphatic carbocycles. The summed E-state index contributed by atoms with van der Waals surface area (Å²) in [5.74, 6) is 0.135. The molecule has 0 fully saturated rings. The topological polar surface area (TPSA) is 52.3 Å². The van der Waals surface area contributed by atoms with Crippen molar-refractivity contribution in [3.63, 3.8) is 0 Å². The van der Waals surface area contributed by atoms with Crippen LogP contribution < -0.4 is 5.73 Å². The number of ether oxygens (including phenoxy) is 1. The number of nitrogens with two attached hydrogens (primary N) is 1. The van der Waals surface area contributed by atoms with Gasteiger partial charge in [-0.15, -0.1) is 0 Å². The Morgan fingerprint density at radius 3 is 2.36 bits per heavy atom. The Morgan fingerprint density at radius 2 is 2.00 bits per heavy atom. The second kappa shape index (κ2) is 6.02. The van der Waals surface area contributed by atoms with Gasteiger partial charge in [0.05, 0.1) is 0 Å². The van der Waals surface area contributed by atoms with E-state index in [1.54, 1.807) is 0 Å². The van der Waals surface area contributed by atoms with Crippen LogP contribution in [0.3, 0.4) is 0 Å². The van der Waals surface area contributed by atoms with Gasteiger partial charge in [0.1, 0.15) is 5.60 Å².